The first-order valence-corrected chi connectivity index (χ1v) is 18.8. The highest BCUT2D eigenvalue weighted by molar-refractivity contribution is 6.74. The lowest BCUT2D eigenvalue weighted by Crippen LogP contribution is -2.44. The van der Waals surface area contributed by atoms with Crippen molar-refractivity contribution in [2.75, 3.05) is 40.8 Å². The number of likely N-dealkylation sites (tertiary alicyclic amines) is 1. The SMILES string of the molecule is COc1cc([C@@H]2c3cc4c(cc3[C@@H](N=C3CC(=O)N(CC(O)CO)C3=O)[C@H]3COC(=O)[C@H]23)OCO4)cc(OC)c1O[Si](C)(C)C(C)(C)C. The van der Waals surface area contributed by atoms with Gasteiger partial charge in [0.05, 0.1) is 58.5 Å². The van der Waals surface area contributed by atoms with Gasteiger partial charge in [0, 0.05) is 11.8 Å². The maximum Gasteiger partial charge on any atom is 0.310 e. The monoisotopic (exact) mass is 682 g/mol. The molecule has 2 N–H and O–H groups in total. The largest absolute Gasteiger partial charge is 0.539 e. The number of methoxy groups -OCH3 is 2. The molecule has 2 aromatic rings. The molecule has 0 radical (unpaired) electrons. The first kappa shape index (κ1) is 33.7. The van der Waals surface area contributed by atoms with Gasteiger partial charge in [0.1, 0.15) is 5.71 Å². The minimum absolute atomic E-state index is 0.00535. The van der Waals surface area contributed by atoms with Crippen LogP contribution in [-0.4, -0.2) is 93.8 Å². The lowest BCUT2D eigenvalue weighted by Gasteiger charge is -2.39. The standard InChI is InChI=1S/C34H42N2O11Si/c1-34(2,3)48(6,7)47-31-25(42-4)8-17(9-26(31)43-5)28-19-10-23-24(46-16-45-23)11-20(19)30(21-15-44-33(41)29(21)28)35-22-12-27(39)36(32(22)40)13-18(38)14-37/h8-11,18,21,28-30,37-38H,12-16H2,1-7H3/t18?,21-,28+,29-,30+/m0/s1. The average molecular weight is 683 g/mol. The molecule has 5 atom stereocenters. The maximum atomic E-state index is 13.6. The van der Waals surface area contributed by atoms with E-state index in [2.05, 4.69) is 33.9 Å². The second-order valence-corrected chi connectivity index (χ2v) is 18.8. The number of fused-ring (bicyclic) bond motifs is 3. The quantitative estimate of drug-likeness (QED) is 0.227. The lowest BCUT2D eigenvalue weighted by molar-refractivity contribution is -0.142. The van der Waals surface area contributed by atoms with Crippen molar-refractivity contribution in [3.05, 3.63) is 41.0 Å². The normalized spacial score (nSPS) is 24.8. The Morgan fingerprint density at radius 3 is 2.21 bits per heavy atom. The number of ether oxygens (including phenoxy) is 5. The molecule has 3 aliphatic heterocycles. The van der Waals surface area contributed by atoms with Gasteiger partial charge >= 0.3 is 5.97 Å². The summed E-state index contributed by atoms with van der Waals surface area (Å²) in [5.41, 5.74) is 2.15. The van der Waals surface area contributed by atoms with Crippen molar-refractivity contribution in [1.29, 1.82) is 0 Å². The molecule has 0 saturated carbocycles. The molecule has 1 unspecified atom stereocenters. The van der Waals surface area contributed by atoms with Gasteiger partial charge in [0.25, 0.3) is 14.2 Å². The molecular weight excluding hydrogens is 640 g/mol. The highest BCUT2D eigenvalue weighted by Gasteiger charge is 2.53. The Hall–Kier alpha value is -4.14. The van der Waals surface area contributed by atoms with Gasteiger partial charge < -0.3 is 38.3 Å². The molecule has 13 nitrogen and oxygen atoms in total. The number of hydrogen-bond acceptors (Lipinski definition) is 12. The van der Waals surface area contributed by atoms with Crippen LogP contribution in [-0.2, 0) is 19.1 Å². The Labute approximate surface area is 279 Å². The van der Waals surface area contributed by atoms with Crippen molar-refractivity contribution in [3.8, 4) is 28.7 Å². The van der Waals surface area contributed by atoms with Crippen LogP contribution < -0.4 is 23.4 Å². The number of aliphatic hydroxyl groups is 2. The van der Waals surface area contributed by atoms with Crippen LogP contribution >= 0.6 is 0 Å². The van der Waals surface area contributed by atoms with Crippen molar-refractivity contribution in [2.24, 2.45) is 16.8 Å². The minimum Gasteiger partial charge on any atom is -0.539 e. The predicted octanol–water partition coefficient (Wildman–Crippen LogP) is 3.35. The Kier molecular flexibility index (Phi) is 8.71. The lowest BCUT2D eigenvalue weighted by atomic mass is 9.65. The molecule has 2 fully saturated rings. The molecule has 6 rings (SSSR count). The molecule has 2 aromatic carbocycles. The van der Waals surface area contributed by atoms with E-state index in [9.17, 15) is 24.6 Å². The highest BCUT2D eigenvalue weighted by atomic mass is 28.4. The zero-order chi connectivity index (χ0) is 34.7. The van der Waals surface area contributed by atoms with E-state index < -0.39 is 62.6 Å². The Morgan fingerprint density at radius 1 is 1.00 bits per heavy atom. The predicted molar refractivity (Wildman–Crippen MR) is 174 cm³/mol. The van der Waals surface area contributed by atoms with Crippen LogP contribution in [0, 0.1) is 11.8 Å². The molecule has 0 spiro atoms. The number of imide groups is 1. The third-order valence-corrected chi connectivity index (χ3v) is 14.5. The van der Waals surface area contributed by atoms with Gasteiger partial charge in [-0.2, -0.15) is 0 Å². The van der Waals surface area contributed by atoms with Gasteiger partial charge in [-0.25, -0.2) is 0 Å². The van der Waals surface area contributed by atoms with E-state index in [1.165, 1.54) is 0 Å². The third kappa shape index (κ3) is 5.69. The van der Waals surface area contributed by atoms with E-state index in [0.717, 1.165) is 16.0 Å². The number of carbonyl (C=O) groups excluding carboxylic acids is 3. The summed E-state index contributed by atoms with van der Waals surface area (Å²) in [4.78, 5) is 45.5. The zero-order valence-corrected chi connectivity index (χ0v) is 29.2. The van der Waals surface area contributed by atoms with Crippen LogP contribution in [0.5, 0.6) is 28.7 Å². The molecule has 258 valence electrons. The van der Waals surface area contributed by atoms with Gasteiger partial charge in [-0.15, -0.1) is 0 Å². The van der Waals surface area contributed by atoms with Gasteiger partial charge in [0.2, 0.25) is 12.7 Å². The van der Waals surface area contributed by atoms with Gasteiger partial charge in [-0.3, -0.25) is 24.3 Å². The van der Waals surface area contributed by atoms with Crippen LogP contribution in [0.1, 0.15) is 55.8 Å². The third-order valence-electron chi connectivity index (χ3n) is 10.2. The molecular formula is C34H42N2O11Si. The van der Waals surface area contributed by atoms with E-state index in [0.29, 0.717) is 34.3 Å². The zero-order valence-electron chi connectivity index (χ0n) is 28.2. The van der Waals surface area contributed by atoms with E-state index in [1.54, 1.807) is 14.2 Å². The summed E-state index contributed by atoms with van der Waals surface area (Å²) in [6.45, 7) is 9.83. The van der Waals surface area contributed by atoms with Crippen molar-refractivity contribution in [2.45, 2.75) is 63.4 Å². The molecule has 3 heterocycles. The number of β-amino-alcohol motifs (C(OH)–C–C–N with tert-alkyl or cyclic N) is 1. The van der Waals surface area contributed by atoms with Crippen molar-refractivity contribution in [3.63, 3.8) is 0 Å². The number of benzene rings is 2. The topological polar surface area (TPSA) is 163 Å². The molecule has 48 heavy (non-hydrogen) atoms. The molecule has 14 heteroatoms. The number of carbonyl (C=O) groups is 3. The van der Waals surface area contributed by atoms with Crippen LogP contribution in [0.25, 0.3) is 0 Å². The number of esters is 1. The maximum absolute atomic E-state index is 13.6. The summed E-state index contributed by atoms with van der Waals surface area (Å²) < 4.78 is 35.6. The first-order chi connectivity index (χ1) is 22.7. The van der Waals surface area contributed by atoms with Crippen molar-refractivity contribution >= 4 is 31.8 Å². The van der Waals surface area contributed by atoms with E-state index in [-0.39, 0.29) is 37.1 Å². The number of hydrogen-bond donors (Lipinski definition) is 2. The van der Waals surface area contributed by atoms with Gasteiger partial charge in [-0.1, -0.05) is 20.8 Å². The number of aliphatic hydroxyl groups excluding tert-OH is 2. The second-order valence-electron chi connectivity index (χ2n) is 14.1. The first-order valence-electron chi connectivity index (χ1n) is 15.9. The van der Waals surface area contributed by atoms with Crippen LogP contribution in [0.3, 0.4) is 0 Å². The number of nitrogens with zero attached hydrogens (tertiary/aromatic N) is 2. The molecule has 4 aliphatic rings. The summed E-state index contributed by atoms with van der Waals surface area (Å²) in [6, 6.07) is 6.64. The highest BCUT2D eigenvalue weighted by Crippen LogP contribution is 2.57. The average Bonchev–Trinajstić information content (AvgIpc) is 3.73. The summed E-state index contributed by atoms with van der Waals surface area (Å²) >= 11 is 0. The Balaban J connectivity index is 1.49. The molecule has 2 saturated heterocycles. The number of amides is 2. The molecule has 2 amide bonds. The van der Waals surface area contributed by atoms with Crippen molar-refractivity contribution < 1.29 is 52.7 Å². The van der Waals surface area contributed by atoms with Crippen LogP contribution in [0.2, 0.25) is 18.1 Å². The fourth-order valence-corrected chi connectivity index (χ4v) is 7.61. The van der Waals surface area contributed by atoms with Crippen molar-refractivity contribution in [1.82, 2.24) is 4.90 Å². The summed E-state index contributed by atoms with van der Waals surface area (Å²) in [7, 11) is 0.808. The number of rotatable bonds is 9. The summed E-state index contributed by atoms with van der Waals surface area (Å²) in [5.74, 6) is -0.940. The van der Waals surface area contributed by atoms with Crippen LogP contribution in [0.15, 0.2) is 29.3 Å². The minimum atomic E-state index is -2.31. The summed E-state index contributed by atoms with van der Waals surface area (Å²) in [5, 5.41) is 19.1. The van der Waals surface area contributed by atoms with E-state index in [4.69, 9.17) is 33.1 Å². The van der Waals surface area contributed by atoms with Crippen LogP contribution in [0.4, 0.5) is 0 Å². The molecule has 0 aromatic heterocycles. The number of cyclic esters (lactones) is 1. The van der Waals surface area contributed by atoms with Gasteiger partial charge in [0.15, 0.2) is 28.7 Å². The summed E-state index contributed by atoms with van der Waals surface area (Å²) in [6.07, 6.45) is -1.54. The fourth-order valence-electron chi connectivity index (χ4n) is 6.59. The fraction of sp³-hybridized carbons (Fsp3) is 0.529. The Bertz CT molecular complexity index is 1660. The molecule has 0 bridgehead atoms. The Morgan fingerprint density at radius 2 is 1.62 bits per heavy atom. The van der Waals surface area contributed by atoms with E-state index >= 15 is 0 Å². The number of aliphatic imine (C=N–C) groups is 1. The molecule has 1 aliphatic carbocycles. The second kappa shape index (κ2) is 12.4. The smallest absolute Gasteiger partial charge is 0.310 e. The van der Waals surface area contributed by atoms with Gasteiger partial charge in [-0.05, 0) is 59.1 Å². The van der Waals surface area contributed by atoms with E-state index in [1.807, 2.05) is 24.3 Å².